The highest BCUT2D eigenvalue weighted by Crippen LogP contribution is 2.25. The molecular formula is C15H19N5O. The monoisotopic (exact) mass is 285 g/mol. The number of piperidine rings is 1. The van der Waals surface area contributed by atoms with Crippen molar-refractivity contribution in [1.82, 2.24) is 24.6 Å². The first-order chi connectivity index (χ1) is 10.3. The Hall–Kier alpha value is -2.24. The zero-order valence-electron chi connectivity index (χ0n) is 12.1. The second kappa shape index (κ2) is 6.03. The minimum absolute atomic E-state index is 0.0586. The van der Waals surface area contributed by atoms with Crippen molar-refractivity contribution >= 4 is 5.91 Å². The van der Waals surface area contributed by atoms with Gasteiger partial charge in [0.2, 0.25) is 0 Å². The highest BCUT2D eigenvalue weighted by atomic mass is 16.2. The van der Waals surface area contributed by atoms with Gasteiger partial charge in [-0.1, -0.05) is 0 Å². The van der Waals surface area contributed by atoms with Gasteiger partial charge < -0.3 is 4.90 Å². The molecule has 21 heavy (non-hydrogen) atoms. The maximum Gasteiger partial charge on any atom is 0.257 e. The molecule has 1 aliphatic heterocycles. The van der Waals surface area contributed by atoms with E-state index in [-0.39, 0.29) is 11.8 Å². The molecule has 2 aromatic rings. The molecular weight excluding hydrogens is 266 g/mol. The third kappa shape index (κ3) is 2.94. The summed E-state index contributed by atoms with van der Waals surface area (Å²) in [5, 5.41) is 4.17. The number of aromatic nitrogens is 4. The smallest absolute Gasteiger partial charge is 0.257 e. The summed E-state index contributed by atoms with van der Waals surface area (Å²) in [4.78, 5) is 22.9. The van der Waals surface area contributed by atoms with E-state index in [2.05, 4.69) is 15.1 Å². The Morgan fingerprint density at radius 3 is 3.00 bits per heavy atom. The fraction of sp³-hybridized carbons (Fsp3) is 0.467. The molecule has 2 aromatic heterocycles. The van der Waals surface area contributed by atoms with E-state index in [9.17, 15) is 4.79 Å². The number of carbonyl (C=O) groups excluding carboxylic acids is 1. The predicted octanol–water partition coefficient (Wildman–Crippen LogP) is 1.71. The molecule has 0 bridgehead atoms. The molecule has 1 atom stereocenters. The number of carbonyl (C=O) groups is 1. The van der Waals surface area contributed by atoms with E-state index in [1.165, 1.54) is 0 Å². The van der Waals surface area contributed by atoms with Crippen LogP contribution in [0.1, 0.15) is 41.7 Å². The van der Waals surface area contributed by atoms with E-state index in [0.717, 1.165) is 31.6 Å². The first-order valence-electron chi connectivity index (χ1n) is 7.35. The number of hydrogen-bond donors (Lipinski definition) is 0. The Morgan fingerprint density at radius 2 is 2.29 bits per heavy atom. The van der Waals surface area contributed by atoms with Crippen molar-refractivity contribution in [2.75, 3.05) is 13.1 Å². The van der Waals surface area contributed by atoms with Crippen LogP contribution in [0.5, 0.6) is 0 Å². The molecule has 3 heterocycles. The van der Waals surface area contributed by atoms with Crippen molar-refractivity contribution in [2.45, 2.75) is 32.2 Å². The Labute approximate surface area is 123 Å². The van der Waals surface area contributed by atoms with E-state index >= 15 is 0 Å². The first-order valence-corrected chi connectivity index (χ1v) is 7.35. The number of amides is 1. The number of hydrogen-bond acceptors (Lipinski definition) is 4. The van der Waals surface area contributed by atoms with Crippen molar-refractivity contribution in [2.24, 2.45) is 0 Å². The summed E-state index contributed by atoms with van der Waals surface area (Å²) >= 11 is 0. The van der Waals surface area contributed by atoms with Gasteiger partial charge in [0.05, 0.1) is 17.5 Å². The molecule has 6 heteroatoms. The summed E-state index contributed by atoms with van der Waals surface area (Å²) in [5.74, 6) is 0.334. The summed E-state index contributed by atoms with van der Waals surface area (Å²) in [6, 6.07) is 0. The van der Waals surface area contributed by atoms with Crippen molar-refractivity contribution in [3.63, 3.8) is 0 Å². The van der Waals surface area contributed by atoms with Crippen molar-refractivity contribution in [3.05, 3.63) is 42.2 Å². The molecule has 0 radical (unpaired) electrons. The predicted molar refractivity (Wildman–Crippen MR) is 77.8 cm³/mol. The minimum atomic E-state index is 0.0586. The number of nitrogens with zero attached hydrogens (tertiary/aromatic N) is 5. The van der Waals surface area contributed by atoms with Crippen LogP contribution in [0.4, 0.5) is 0 Å². The van der Waals surface area contributed by atoms with Gasteiger partial charge in [0, 0.05) is 50.3 Å². The van der Waals surface area contributed by atoms with Crippen LogP contribution in [0.2, 0.25) is 0 Å². The van der Waals surface area contributed by atoms with Gasteiger partial charge in [-0.25, -0.2) is 0 Å². The fourth-order valence-corrected chi connectivity index (χ4v) is 2.75. The largest absolute Gasteiger partial charge is 0.338 e. The molecule has 0 aromatic carbocycles. The first kappa shape index (κ1) is 13.7. The van der Waals surface area contributed by atoms with Crippen LogP contribution in [-0.4, -0.2) is 43.6 Å². The van der Waals surface area contributed by atoms with Gasteiger partial charge in [0.25, 0.3) is 5.91 Å². The molecule has 1 saturated heterocycles. The molecule has 1 fully saturated rings. The summed E-state index contributed by atoms with van der Waals surface area (Å²) in [7, 11) is 0. The SMILES string of the molecule is CCn1cc(C(=O)N2CCC[C@@H](c3cnccn3)C2)cn1. The van der Waals surface area contributed by atoms with Gasteiger partial charge in [-0.2, -0.15) is 5.10 Å². The lowest BCUT2D eigenvalue weighted by Gasteiger charge is -2.32. The van der Waals surface area contributed by atoms with Gasteiger partial charge in [-0.05, 0) is 19.8 Å². The lowest BCUT2D eigenvalue weighted by molar-refractivity contribution is 0.0705. The lowest BCUT2D eigenvalue weighted by Crippen LogP contribution is -2.39. The van der Waals surface area contributed by atoms with E-state index in [1.807, 2.05) is 18.0 Å². The minimum Gasteiger partial charge on any atom is -0.338 e. The quantitative estimate of drug-likeness (QED) is 0.861. The Kier molecular flexibility index (Phi) is 3.94. The molecule has 6 nitrogen and oxygen atoms in total. The maximum absolute atomic E-state index is 12.5. The number of rotatable bonds is 3. The average Bonchev–Trinajstić information content (AvgIpc) is 3.04. The fourth-order valence-electron chi connectivity index (χ4n) is 2.75. The Bertz CT molecular complexity index is 610. The molecule has 1 aliphatic rings. The zero-order valence-corrected chi connectivity index (χ0v) is 12.1. The van der Waals surface area contributed by atoms with Gasteiger partial charge in [0.15, 0.2) is 0 Å². The van der Waals surface area contributed by atoms with Crippen LogP contribution in [0, 0.1) is 0 Å². The van der Waals surface area contributed by atoms with Crippen molar-refractivity contribution < 1.29 is 4.79 Å². The van der Waals surface area contributed by atoms with Crippen LogP contribution >= 0.6 is 0 Å². The highest BCUT2D eigenvalue weighted by molar-refractivity contribution is 5.93. The van der Waals surface area contributed by atoms with Gasteiger partial charge in [0.1, 0.15) is 0 Å². The van der Waals surface area contributed by atoms with Crippen molar-refractivity contribution in [3.8, 4) is 0 Å². The number of likely N-dealkylation sites (tertiary alicyclic amines) is 1. The molecule has 3 rings (SSSR count). The topological polar surface area (TPSA) is 63.9 Å². The van der Waals surface area contributed by atoms with Crippen LogP contribution < -0.4 is 0 Å². The number of aryl methyl sites for hydroxylation is 1. The van der Waals surface area contributed by atoms with Gasteiger partial charge in [-0.15, -0.1) is 0 Å². The van der Waals surface area contributed by atoms with E-state index in [0.29, 0.717) is 12.1 Å². The molecule has 110 valence electrons. The third-order valence-corrected chi connectivity index (χ3v) is 3.91. The average molecular weight is 285 g/mol. The van der Waals surface area contributed by atoms with Crippen LogP contribution in [0.3, 0.4) is 0 Å². The molecule has 0 saturated carbocycles. The van der Waals surface area contributed by atoms with Gasteiger partial charge >= 0.3 is 0 Å². The standard InChI is InChI=1S/C15H19N5O/c1-2-20-11-13(8-18-20)15(21)19-7-3-4-12(10-19)14-9-16-5-6-17-14/h5-6,8-9,11-12H,2-4,7,10H2,1H3/t12-/m1/s1. The molecule has 0 unspecified atom stereocenters. The van der Waals surface area contributed by atoms with Gasteiger partial charge in [-0.3, -0.25) is 19.4 Å². The van der Waals surface area contributed by atoms with E-state index < -0.39 is 0 Å². The Morgan fingerprint density at radius 1 is 1.38 bits per heavy atom. The Balaban J connectivity index is 1.72. The van der Waals surface area contributed by atoms with Crippen LogP contribution in [0.25, 0.3) is 0 Å². The normalized spacial score (nSPS) is 18.7. The molecule has 1 amide bonds. The summed E-state index contributed by atoms with van der Waals surface area (Å²) in [6.07, 6.45) is 10.7. The van der Waals surface area contributed by atoms with Crippen molar-refractivity contribution in [1.29, 1.82) is 0 Å². The highest BCUT2D eigenvalue weighted by Gasteiger charge is 2.26. The van der Waals surface area contributed by atoms with Crippen LogP contribution in [0.15, 0.2) is 31.0 Å². The van der Waals surface area contributed by atoms with Crippen LogP contribution in [-0.2, 0) is 6.54 Å². The second-order valence-electron chi connectivity index (χ2n) is 5.31. The summed E-state index contributed by atoms with van der Waals surface area (Å²) in [6.45, 7) is 4.28. The van der Waals surface area contributed by atoms with E-state index in [1.54, 1.807) is 29.5 Å². The summed E-state index contributed by atoms with van der Waals surface area (Å²) < 4.78 is 1.78. The lowest BCUT2D eigenvalue weighted by atomic mass is 9.94. The second-order valence-corrected chi connectivity index (χ2v) is 5.31. The maximum atomic E-state index is 12.5. The molecule has 0 aliphatic carbocycles. The summed E-state index contributed by atoms with van der Waals surface area (Å²) in [5.41, 5.74) is 1.64. The zero-order chi connectivity index (χ0) is 14.7. The third-order valence-electron chi connectivity index (χ3n) is 3.91. The molecule has 0 spiro atoms. The molecule has 0 N–H and O–H groups in total. The van der Waals surface area contributed by atoms with E-state index in [4.69, 9.17) is 0 Å².